The molecular formula is C14H18F2N2O3. The highest BCUT2D eigenvalue weighted by molar-refractivity contribution is 5.97. The molecule has 0 radical (unpaired) electrons. The summed E-state index contributed by atoms with van der Waals surface area (Å²) in [7, 11) is 0. The van der Waals surface area contributed by atoms with Crippen molar-refractivity contribution in [2.45, 2.75) is 32.9 Å². The largest absolute Gasteiger partial charge is 0.435 e. The summed E-state index contributed by atoms with van der Waals surface area (Å²) in [6, 6.07) is 4.67. The van der Waals surface area contributed by atoms with Crippen molar-refractivity contribution in [1.29, 1.82) is 0 Å². The smallest absolute Gasteiger partial charge is 0.387 e. The summed E-state index contributed by atoms with van der Waals surface area (Å²) in [6.45, 7) is 1.03. The molecule has 5 nitrogen and oxygen atoms in total. The summed E-state index contributed by atoms with van der Waals surface area (Å²) >= 11 is 0. The molecule has 0 aliphatic rings. The number of carbonyl (C=O) groups excluding carboxylic acids is 2. The van der Waals surface area contributed by atoms with Gasteiger partial charge in [-0.2, -0.15) is 8.78 Å². The number of amides is 2. The van der Waals surface area contributed by atoms with E-state index in [1.807, 2.05) is 6.92 Å². The second-order valence-electron chi connectivity index (χ2n) is 4.39. The lowest BCUT2D eigenvalue weighted by Crippen LogP contribution is -2.45. The van der Waals surface area contributed by atoms with E-state index in [2.05, 4.69) is 15.4 Å². The number of nitrogens with one attached hydrogen (secondary N) is 2. The maximum Gasteiger partial charge on any atom is 0.387 e. The van der Waals surface area contributed by atoms with Crippen LogP contribution in [0.15, 0.2) is 24.3 Å². The molecule has 0 aliphatic heterocycles. The first kappa shape index (κ1) is 16.9. The van der Waals surface area contributed by atoms with Crippen molar-refractivity contribution < 1.29 is 23.1 Å². The molecule has 0 aromatic heterocycles. The van der Waals surface area contributed by atoms with Crippen molar-refractivity contribution in [2.24, 2.45) is 0 Å². The van der Waals surface area contributed by atoms with Crippen LogP contribution in [0.5, 0.6) is 5.75 Å². The van der Waals surface area contributed by atoms with E-state index in [0.29, 0.717) is 6.54 Å². The third kappa shape index (κ3) is 5.76. The van der Waals surface area contributed by atoms with Crippen molar-refractivity contribution in [3.63, 3.8) is 0 Å². The van der Waals surface area contributed by atoms with Gasteiger partial charge in [-0.1, -0.05) is 13.0 Å². The lowest BCUT2D eigenvalue weighted by molar-refractivity contribution is -0.122. The van der Waals surface area contributed by atoms with Crippen LogP contribution >= 0.6 is 0 Å². The van der Waals surface area contributed by atoms with Gasteiger partial charge >= 0.3 is 6.61 Å². The molecule has 7 heteroatoms. The zero-order chi connectivity index (χ0) is 15.8. The van der Waals surface area contributed by atoms with E-state index in [-0.39, 0.29) is 17.2 Å². The molecule has 1 rings (SSSR count). The Balaban J connectivity index is 2.64. The third-order valence-corrected chi connectivity index (χ3v) is 2.61. The average molecular weight is 300 g/mol. The number of ether oxygens (including phenoxy) is 1. The molecule has 116 valence electrons. The first-order valence-corrected chi connectivity index (χ1v) is 6.57. The standard InChI is InChI=1S/C14H18F2N2O3/c1-3-7-17-12(19)9(2)18-13(20)10-5-4-6-11(8-10)21-14(15)16/h4-6,8-9,14H,3,7H2,1-2H3,(H,17,19)(H,18,20)/t9-/m0/s1. The highest BCUT2D eigenvalue weighted by atomic mass is 19.3. The van der Waals surface area contributed by atoms with Crippen LogP contribution in [-0.2, 0) is 4.79 Å². The van der Waals surface area contributed by atoms with E-state index in [0.717, 1.165) is 6.42 Å². The van der Waals surface area contributed by atoms with Gasteiger partial charge in [0.05, 0.1) is 0 Å². The number of alkyl halides is 2. The number of hydrogen-bond donors (Lipinski definition) is 2. The molecule has 0 aliphatic carbocycles. The van der Waals surface area contributed by atoms with Crippen LogP contribution in [0.3, 0.4) is 0 Å². The molecule has 0 saturated heterocycles. The molecule has 0 bridgehead atoms. The molecule has 0 fully saturated rings. The zero-order valence-corrected chi connectivity index (χ0v) is 11.9. The lowest BCUT2D eigenvalue weighted by Gasteiger charge is -2.14. The van der Waals surface area contributed by atoms with Crippen LogP contribution in [-0.4, -0.2) is 31.0 Å². The molecular weight excluding hydrogens is 282 g/mol. The highest BCUT2D eigenvalue weighted by Crippen LogP contribution is 2.15. The number of carbonyl (C=O) groups is 2. The first-order chi connectivity index (χ1) is 9.93. The minimum absolute atomic E-state index is 0.110. The Bertz CT molecular complexity index is 495. The fraction of sp³-hybridized carbons (Fsp3) is 0.429. The SMILES string of the molecule is CCCNC(=O)[C@H](C)NC(=O)c1cccc(OC(F)F)c1. The molecule has 1 aromatic carbocycles. The topological polar surface area (TPSA) is 67.4 Å². The van der Waals surface area contributed by atoms with Crippen LogP contribution in [0.4, 0.5) is 8.78 Å². The second-order valence-corrected chi connectivity index (χ2v) is 4.39. The Labute approximate surface area is 121 Å². The maximum absolute atomic E-state index is 12.1. The number of rotatable bonds is 7. The van der Waals surface area contributed by atoms with Crippen molar-refractivity contribution >= 4 is 11.8 Å². The van der Waals surface area contributed by atoms with Crippen LogP contribution in [0.1, 0.15) is 30.6 Å². The monoisotopic (exact) mass is 300 g/mol. The van der Waals surface area contributed by atoms with Gasteiger partial charge in [0.1, 0.15) is 11.8 Å². The van der Waals surface area contributed by atoms with Gasteiger partial charge in [0.2, 0.25) is 5.91 Å². The van der Waals surface area contributed by atoms with E-state index >= 15 is 0 Å². The van der Waals surface area contributed by atoms with E-state index in [1.54, 1.807) is 6.92 Å². The minimum atomic E-state index is -2.96. The first-order valence-electron chi connectivity index (χ1n) is 6.57. The molecule has 0 spiro atoms. The molecule has 2 N–H and O–H groups in total. The predicted molar refractivity (Wildman–Crippen MR) is 73.3 cm³/mol. The van der Waals surface area contributed by atoms with Gasteiger partial charge in [0.15, 0.2) is 0 Å². The van der Waals surface area contributed by atoms with E-state index in [4.69, 9.17) is 0 Å². The van der Waals surface area contributed by atoms with Crippen LogP contribution in [0.25, 0.3) is 0 Å². The third-order valence-electron chi connectivity index (χ3n) is 2.61. The number of benzene rings is 1. The highest BCUT2D eigenvalue weighted by Gasteiger charge is 2.16. The fourth-order valence-electron chi connectivity index (χ4n) is 1.56. The van der Waals surface area contributed by atoms with Crippen LogP contribution < -0.4 is 15.4 Å². The zero-order valence-electron chi connectivity index (χ0n) is 11.9. The van der Waals surface area contributed by atoms with Gasteiger partial charge in [-0.05, 0) is 31.5 Å². The fourth-order valence-corrected chi connectivity index (χ4v) is 1.56. The molecule has 0 heterocycles. The Morgan fingerprint density at radius 3 is 2.67 bits per heavy atom. The van der Waals surface area contributed by atoms with E-state index < -0.39 is 18.6 Å². The molecule has 2 amide bonds. The van der Waals surface area contributed by atoms with Gasteiger partial charge in [0.25, 0.3) is 5.91 Å². The van der Waals surface area contributed by atoms with Gasteiger partial charge in [-0.25, -0.2) is 0 Å². The normalized spacial score (nSPS) is 11.9. The summed E-state index contributed by atoms with van der Waals surface area (Å²) in [4.78, 5) is 23.6. The Morgan fingerprint density at radius 1 is 1.33 bits per heavy atom. The Hall–Kier alpha value is -2.18. The average Bonchev–Trinajstić information content (AvgIpc) is 2.44. The van der Waals surface area contributed by atoms with Crippen molar-refractivity contribution in [2.75, 3.05) is 6.54 Å². The summed E-state index contributed by atoms with van der Waals surface area (Å²) in [5, 5.41) is 5.14. The van der Waals surface area contributed by atoms with Gasteiger partial charge in [-0.15, -0.1) is 0 Å². The quantitative estimate of drug-likeness (QED) is 0.808. The van der Waals surface area contributed by atoms with E-state index in [9.17, 15) is 18.4 Å². The number of hydrogen-bond acceptors (Lipinski definition) is 3. The molecule has 0 saturated carbocycles. The molecule has 1 atom stereocenters. The predicted octanol–water partition coefficient (Wildman–Crippen LogP) is 1.93. The Morgan fingerprint density at radius 2 is 2.05 bits per heavy atom. The molecule has 1 aromatic rings. The van der Waals surface area contributed by atoms with Gasteiger partial charge < -0.3 is 15.4 Å². The molecule has 21 heavy (non-hydrogen) atoms. The van der Waals surface area contributed by atoms with Crippen molar-refractivity contribution in [3.8, 4) is 5.75 Å². The Kier molecular flexibility index (Phi) is 6.58. The molecule has 0 unspecified atom stereocenters. The van der Waals surface area contributed by atoms with Gasteiger partial charge in [-0.3, -0.25) is 9.59 Å². The summed E-state index contributed by atoms with van der Waals surface area (Å²) in [6.07, 6.45) is 0.791. The summed E-state index contributed by atoms with van der Waals surface area (Å²) in [5.41, 5.74) is 0.142. The minimum Gasteiger partial charge on any atom is -0.435 e. The van der Waals surface area contributed by atoms with Crippen molar-refractivity contribution in [3.05, 3.63) is 29.8 Å². The summed E-state index contributed by atoms with van der Waals surface area (Å²) in [5.74, 6) is -0.945. The number of halogens is 2. The van der Waals surface area contributed by atoms with Crippen LogP contribution in [0, 0.1) is 0 Å². The van der Waals surface area contributed by atoms with Gasteiger partial charge in [0, 0.05) is 12.1 Å². The van der Waals surface area contributed by atoms with Crippen LogP contribution in [0.2, 0.25) is 0 Å². The maximum atomic E-state index is 12.1. The summed E-state index contributed by atoms with van der Waals surface area (Å²) < 4.78 is 28.4. The lowest BCUT2D eigenvalue weighted by atomic mass is 10.2. The second kappa shape index (κ2) is 8.18. The van der Waals surface area contributed by atoms with Crippen molar-refractivity contribution in [1.82, 2.24) is 10.6 Å². The van der Waals surface area contributed by atoms with E-state index in [1.165, 1.54) is 24.3 Å².